The van der Waals surface area contributed by atoms with Crippen molar-refractivity contribution in [2.24, 2.45) is 0 Å². The number of nitrogens with zero attached hydrogens (tertiary/aromatic N) is 2. The minimum Gasteiger partial charge on any atom is -0.494 e. The monoisotopic (exact) mass is 376 g/mol. The molecule has 1 aromatic carbocycles. The van der Waals surface area contributed by atoms with E-state index in [1.165, 1.54) is 27.7 Å². The Morgan fingerprint density at radius 2 is 2.07 bits per heavy atom. The molecule has 6 heteroatoms. The molecule has 1 aliphatic heterocycles. The molecule has 0 amide bonds. The van der Waals surface area contributed by atoms with Gasteiger partial charge in [0.25, 0.3) is 0 Å². The van der Waals surface area contributed by atoms with Gasteiger partial charge in [-0.15, -0.1) is 0 Å². The minimum absolute atomic E-state index is 0.600. The fraction of sp³-hybridized carbons (Fsp3) is 0.318. The van der Waals surface area contributed by atoms with Gasteiger partial charge in [-0.3, -0.25) is 4.90 Å². The number of ether oxygens (including phenoxy) is 2. The van der Waals surface area contributed by atoms with E-state index in [4.69, 9.17) is 9.47 Å². The van der Waals surface area contributed by atoms with Gasteiger partial charge in [0.1, 0.15) is 11.3 Å². The molecule has 3 aromatic heterocycles. The van der Waals surface area contributed by atoms with Crippen LogP contribution in [0.15, 0.2) is 36.7 Å². The van der Waals surface area contributed by atoms with Crippen LogP contribution in [0.2, 0.25) is 0 Å². The predicted octanol–water partition coefficient (Wildman–Crippen LogP) is 3.66. The van der Waals surface area contributed by atoms with Gasteiger partial charge < -0.3 is 19.4 Å². The highest BCUT2D eigenvalue weighted by Gasteiger charge is 2.21. The Labute approximate surface area is 163 Å². The molecule has 144 valence electrons. The maximum absolute atomic E-state index is 5.55. The molecule has 2 N–H and O–H groups in total. The average molecular weight is 376 g/mol. The molecule has 1 aliphatic rings. The van der Waals surface area contributed by atoms with Gasteiger partial charge in [-0.1, -0.05) is 18.2 Å². The summed E-state index contributed by atoms with van der Waals surface area (Å²) in [7, 11) is 3.32. The van der Waals surface area contributed by atoms with Crippen LogP contribution in [-0.2, 0) is 19.4 Å². The zero-order valence-corrected chi connectivity index (χ0v) is 16.2. The maximum atomic E-state index is 5.55. The molecule has 5 rings (SSSR count). The third-order valence-electron chi connectivity index (χ3n) is 5.79. The van der Waals surface area contributed by atoms with Crippen molar-refractivity contribution in [1.82, 2.24) is 19.9 Å². The minimum atomic E-state index is 0.600. The number of aromatic amines is 2. The van der Waals surface area contributed by atoms with Crippen LogP contribution in [-0.4, -0.2) is 47.2 Å². The lowest BCUT2D eigenvalue weighted by atomic mass is 10.0. The lowest BCUT2D eigenvalue weighted by Crippen LogP contribution is -2.32. The molecule has 0 saturated heterocycles. The molecule has 0 radical (unpaired) electrons. The van der Waals surface area contributed by atoms with Crippen LogP contribution in [0.25, 0.3) is 21.8 Å². The Balaban J connectivity index is 1.39. The SMILES string of the molecule is COc1ncc(OC)c2c(CCN3CCc4[nH]c5ccccc5c4C3)c[nH]c12. The van der Waals surface area contributed by atoms with Crippen LogP contribution < -0.4 is 9.47 Å². The summed E-state index contributed by atoms with van der Waals surface area (Å²) in [4.78, 5) is 13.8. The van der Waals surface area contributed by atoms with E-state index in [0.717, 1.165) is 49.1 Å². The van der Waals surface area contributed by atoms with Gasteiger partial charge in [0.05, 0.1) is 25.8 Å². The summed E-state index contributed by atoms with van der Waals surface area (Å²) >= 11 is 0. The Kier molecular flexibility index (Phi) is 4.20. The van der Waals surface area contributed by atoms with Crippen molar-refractivity contribution in [3.8, 4) is 11.6 Å². The van der Waals surface area contributed by atoms with Crippen molar-refractivity contribution in [3.05, 3.63) is 53.5 Å². The second-order valence-electron chi connectivity index (χ2n) is 7.30. The third kappa shape index (κ3) is 2.72. The van der Waals surface area contributed by atoms with E-state index < -0.39 is 0 Å². The number of hydrogen-bond acceptors (Lipinski definition) is 4. The maximum Gasteiger partial charge on any atom is 0.238 e. The summed E-state index contributed by atoms with van der Waals surface area (Å²) in [5.41, 5.74) is 6.22. The number of rotatable bonds is 5. The molecule has 0 unspecified atom stereocenters. The van der Waals surface area contributed by atoms with Crippen LogP contribution in [0.4, 0.5) is 0 Å². The highest BCUT2D eigenvalue weighted by atomic mass is 16.5. The number of benzene rings is 1. The van der Waals surface area contributed by atoms with Gasteiger partial charge in [-0.05, 0) is 23.6 Å². The highest BCUT2D eigenvalue weighted by molar-refractivity contribution is 5.92. The summed E-state index contributed by atoms with van der Waals surface area (Å²) in [6.45, 7) is 3.06. The molecule has 6 nitrogen and oxygen atoms in total. The first kappa shape index (κ1) is 17.1. The molecule has 0 fully saturated rings. The van der Waals surface area contributed by atoms with Gasteiger partial charge in [0.2, 0.25) is 5.88 Å². The smallest absolute Gasteiger partial charge is 0.238 e. The van der Waals surface area contributed by atoms with E-state index in [0.29, 0.717) is 5.88 Å². The second-order valence-corrected chi connectivity index (χ2v) is 7.30. The van der Waals surface area contributed by atoms with Crippen molar-refractivity contribution in [2.45, 2.75) is 19.4 Å². The van der Waals surface area contributed by atoms with Gasteiger partial charge in [0, 0.05) is 48.8 Å². The number of fused-ring (bicyclic) bond motifs is 4. The Hall–Kier alpha value is -2.99. The van der Waals surface area contributed by atoms with E-state index in [1.54, 1.807) is 20.4 Å². The van der Waals surface area contributed by atoms with E-state index in [-0.39, 0.29) is 0 Å². The van der Waals surface area contributed by atoms with Crippen LogP contribution in [0.1, 0.15) is 16.8 Å². The fourth-order valence-corrected chi connectivity index (χ4v) is 4.36. The molecule has 0 aliphatic carbocycles. The number of H-pyrrole nitrogens is 2. The number of aromatic nitrogens is 3. The summed E-state index contributed by atoms with van der Waals surface area (Å²) in [6, 6.07) is 8.60. The summed E-state index contributed by atoms with van der Waals surface area (Å²) in [5, 5.41) is 2.42. The molecular formula is C22H24N4O2. The number of nitrogens with one attached hydrogen (secondary N) is 2. The van der Waals surface area contributed by atoms with Crippen molar-refractivity contribution in [1.29, 1.82) is 0 Å². The largest absolute Gasteiger partial charge is 0.494 e. The van der Waals surface area contributed by atoms with Crippen LogP contribution >= 0.6 is 0 Å². The van der Waals surface area contributed by atoms with Gasteiger partial charge in [0.15, 0.2) is 0 Å². The standard InChI is InChI=1S/C22H24N4O2/c1-27-19-12-24-22(28-2)21-20(19)14(11-23-21)7-9-26-10-8-18-16(13-26)15-5-3-4-6-17(15)25-18/h3-6,11-12,23,25H,7-10,13H2,1-2H3. The van der Waals surface area contributed by atoms with Gasteiger partial charge >= 0.3 is 0 Å². The van der Waals surface area contributed by atoms with Crippen LogP contribution in [0.5, 0.6) is 11.6 Å². The predicted molar refractivity (Wildman–Crippen MR) is 110 cm³/mol. The first-order valence-electron chi connectivity index (χ1n) is 9.66. The lowest BCUT2D eigenvalue weighted by molar-refractivity contribution is 0.257. The van der Waals surface area contributed by atoms with Crippen molar-refractivity contribution < 1.29 is 9.47 Å². The van der Waals surface area contributed by atoms with Gasteiger partial charge in [-0.25, -0.2) is 4.98 Å². The Morgan fingerprint density at radius 3 is 2.93 bits per heavy atom. The molecule has 4 aromatic rings. The Morgan fingerprint density at radius 1 is 1.18 bits per heavy atom. The van der Waals surface area contributed by atoms with E-state index in [2.05, 4.69) is 50.3 Å². The van der Waals surface area contributed by atoms with Crippen LogP contribution in [0.3, 0.4) is 0 Å². The van der Waals surface area contributed by atoms with E-state index in [9.17, 15) is 0 Å². The summed E-state index contributed by atoms with van der Waals surface area (Å²) < 4.78 is 10.9. The molecule has 0 spiro atoms. The topological polar surface area (TPSA) is 66.2 Å². The third-order valence-corrected chi connectivity index (χ3v) is 5.79. The van der Waals surface area contributed by atoms with E-state index >= 15 is 0 Å². The normalized spacial score (nSPS) is 14.5. The first-order chi connectivity index (χ1) is 13.8. The molecule has 28 heavy (non-hydrogen) atoms. The molecule has 0 atom stereocenters. The summed E-state index contributed by atoms with van der Waals surface area (Å²) in [6.07, 6.45) is 5.80. The average Bonchev–Trinajstić information content (AvgIpc) is 3.33. The molecule has 0 bridgehead atoms. The number of pyridine rings is 1. The van der Waals surface area contributed by atoms with Gasteiger partial charge in [-0.2, -0.15) is 0 Å². The number of methoxy groups -OCH3 is 2. The van der Waals surface area contributed by atoms with Crippen molar-refractivity contribution in [3.63, 3.8) is 0 Å². The highest BCUT2D eigenvalue weighted by Crippen LogP contribution is 2.34. The lowest BCUT2D eigenvalue weighted by Gasteiger charge is -2.27. The second kappa shape index (κ2) is 6.87. The van der Waals surface area contributed by atoms with Crippen LogP contribution in [0, 0.1) is 0 Å². The quantitative estimate of drug-likeness (QED) is 0.558. The Bertz CT molecular complexity index is 1140. The zero-order chi connectivity index (χ0) is 19.1. The number of hydrogen-bond donors (Lipinski definition) is 2. The van der Waals surface area contributed by atoms with Crippen molar-refractivity contribution >= 4 is 21.8 Å². The zero-order valence-electron chi connectivity index (χ0n) is 16.2. The molecule has 4 heterocycles. The molecule has 0 saturated carbocycles. The van der Waals surface area contributed by atoms with Crippen molar-refractivity contribution in [2.75, 3.05) is 27.3 Å². The fourth-order valence-electron chi connectivity index (χ4n) is 4.36. The number of para-hydroxylation sites is 1. The summed E-state index contributed by atoms with van der Waals surface area (Å²) in [5.74, 6) is 1.38. The first-order valence-corrected chi connectivity index (χ1v) is 9.66. The van der Waals surface area contributed by atoms with E-state index in [1.807, 2.05) is 0 Å². The molecular weight excluding hydrogens is 352 g/mol.